The van der Waals surface area contributed by atoms with Crippen LogP contribution in [0.15, 0.2) is 45.1 Å². The van der Waals surface area contributed by atoms with Crippen molar-refractivity contribution < 1.29 is 18.3 Å². The maximum Gasteiger partial charge on any atom is 0.345 e. The molecule has 0 radical (unpaired) electrons. The molecule has 1 aromatic carbocycles. The Kier molecular flexibility index (Phi) is 4.59. The summed E-state index contributed by atoms with van der Waals surface area (Å²) in [5.74, 6) is -1.14. The lowest BCUT2D eigenvalue weighted by molar-refractivity contribution is 0.0702. The first kappa shape index (κ1) is 15.2. The molecule has 2 rings (SSSR count). The first-order valence-corrected chi connectivity index (χ1v) is 8.55. The molecule has 0 aliphatic carbocycles. The minimum absolute atomic E-state index is 0.00664. The average molecular weight is 376 g/mol. The van der Waals surface area contributed by atoms with Crippen molar-refractivity contribution in [3.8, 4) is 0 Å². The Morgan fingerprint density at radius 2 is 2.05 bits per heavy atom. The Morgan fingerprint density at radius 3 is 2.65 bits per heavy atom. The number of halogens is 1. The lowest BCUT2D eigenvalue weighted by Gasteiger charge is -2.05. The van der Waals surface area contributed by atoms with E-state index in [-0.39, 0.29) is 15.6 Å². The van der Waals surface area contributed by atoms with E-state index in [4.69, 9.17) is 5.11 Å². The van der Waals surface area contributed by atoms with E-state index in [1.807, 2.05) is 6.07 Å². The summed E-state index contributed by atoms with van der Waals surface area (Å²) in [6, 6.07) is 9.82. The minimum Gasteiger partial charge on any atom is -0.477 e. The molecule has 0 unspecified atom stereocenters. The molecule has 2 aromatic rings. The van der Waals surface area contributed by atoms with Crippen LogP contribution in [0, 0.1) is 0 Å². The van der Waals surface area contributed by atoms with Gasteiger partial charge >= 0.3 is 5.97 Å². The number of aromatic carboxylic acids is 1. The molecule has 8 heteroatoms. The van der Waals surface area contributed by atoms with Gasteiger partial charge in [0, 0.05) is 11.0 Å². The van der Waals surface area contributed by atoms with E-state index < -0.39 is 16.0 Å². The molecule has 0 bridgehead atoms. The number of nitrogens with one attached hydrogen (secondary N) is 1. The highest BCUT2D eigenvalue weighted by Crippen LogP contribution is 2.21. The number of carboxylic acids is 1. The second kappa shape index (κ2) is 6.04. The van der Waals surface area contributed by atoms with Crippen LogP contribution in [0.5, 0.6) is 0 Å². The van der Waals surface area contributed by atoms with Gasteiger partial charge in [-0.15, -0.1) is 11.3 Å². The zero-order valence-corrected chi connectivity index (χ0v) is 13.3. The van der Waals surface area contributed by atoms with Gasteiger partial charge in [0.25, 0.3) is 0 Å². The van der Waals surface area contributed by atoms with Gasteiger partial charge in [0.15, 0.2) is 0 Å². The first-order valence-electron chi connectivity index (χ1n) is 5.46. The van der Waals surface area contributed by atoms with Gasteiger partial charge < -0.3 is 5.11 Å². The monoisotopic (exact) mass is 375 g/mol. The third kappa shape index (κ3) is 3.66. The lowest BCUT2D eigenvalue weighted by atomic mass is 10.2. The molecule has 0 fully saturated rings. The molecule has 5 nitrogen and oxygen atoms in total. The number of sulfonamides is 1. The number of thiophene rings is 1. The van der Waals surface area contributed by atoms with Crippen molar-refractivity contribution in [2.75, 3.05) is 0 Å². The van der Waals surface area contributed by atoms with Crippen LogP contribution in [0.25, 0.3) is 0 Å². The van der Waals surface area contributed by atoms with E-state index in [2.05, 4.69) is 20.7 Å². The molecule has 0 atom stereocenters. The molecule has 1 heterocycles. The zero-order chi connectivity index (χ0) is 14.8. The van der Waals surface area contributed by atoms with Crippen molar-refractivity contribution in [2.24, 2.45) is 0 Å². The van der Waals surface area contributed by atoms with Crippen molar-refractivity contribution in [3.63, 3.8) is 0 Å². The highest BCUT2D eigenvalue weighted by molar-refractivity contribution is 9.10. The molecule has 0 saturated carbocycles. The second-order valence-electron chi connectivity index (χ2n) is 3.88. The maximum absolute atomic E-state index is 12.0. The summed E-state index contributed by atoms with van der Waals surface area (Å²) in [5, 5.41) is 8.79. The van der Waals surface area contributed by atoms with Gasteiger partial charge in [-0.25, -0.2) is 17.9 Å². The largest absolute Gasteiger partial charge is 0.477 e. The van der Waals surface area contributed by atoms with E-state index in [1.54, 1.807) is 18.2 Å². The highest BCUT2D eigenvalue weighted by atomic mass is 79.9. The number of hydrogen-bond donors (Lipinski definition) is 2. The van der Waals surface area contributed by atoms with Crippen LogP contribution in [-0.4, -0.2) is 19.5 Å². The van der Waals surface area contributed by atoms with Crippen molar-refractivity contribution >= 4 is 43.3 Å². The molecular formula is C12H10BrNO4S2. The Hall–Kier alpha value is -1.22. The van der Waals surface area contributed by atoms with Gasteiger partial charge in [0.2, 0.25) is 10.0 Å². The summed E-state index contributed by atoms with van der Waals surface area (Å²) in [4.78, 5) is 10.7. The Labute approximate surface area is 128 Å². The second-order valence-corrected chi connectivity index (χ2v) is 7.87. The molecular weight excluding hydrogens is 366 g/mol. The minimum atomic E-state index is -3.69. The molecule has 0 aliphatic heterocycles. The SMILES string of the molecule is O=C(O)c1ccc(S(=O)(=O)NCc2cccc(Br)c2)s1. The molecule has 0 saturated heterocycles. The van der Waals surface area contributed by atoms with E-state index in [0.717, 1.165) is 21.4 Å². The average Bonchev–Trinajstić information content (AvgIpc) is 2.87. The zero-order valence-electron chi connectivity index (χ0n) is 10.0. The predicted octanol–water partition coefficient (Wildman–Crippen LogP) is 2.69. The van der Waals surface area contributed by atoms with E-state index in [9.17, 15) is 13.2 Å². The summed E-state index contributed by atoms with van der Waals surface area (Å²) >= 11 is 4.03. The summed E-state index contributed by atoms with van der Waals surface area (Å²) < 4.78 is 27.3. The standard InChI is InChI=1S/C12H10BrNO4S2/c13-9-3-1-2-8(6-9)7-14-20(17,18)11-5-4-10(19-11)12(15)16/h1-6,14H,7H2,(H,15,16). The third-order valence-corrected chi connectivity index (χ3v) is 5.87. The van der Waals surface area contributed by atoms with Gasteiger partial charge in [-0.2, -0.15) is 0 Å². The van der Waals surface area contributed by atoms with Crippen molar-refractivity contribution in [1.29, 1.82) is 0 Å². The summed E-state index contributed by atoms with van der Waals surface area (Å²) in [6.45, 7) is 0.141. The summed E-state index contributed by atoms with van der Waals surface area (Å²) in [5.41, 5.74) is 0.804. The Morgan fingerprint density at radius 1 is 1.30 bits per heavy atom. The Bertz CT molecular complexity index is 739. The van der Waals surface area contributed by atoms with Crippen LogP contribution in [0.1, 0.15) is 15.2 Å². The fraction of sp³-hybridized carbons (Fsp3) is 0.0833. The van der Waals surface area contributed by atoms with Crippen LogP contribution < -0.4 is 4.72 Å². The third-order valence-electron chi connectivity index (χ3n) is 2.41. The van der Waals surface area contributed by atoms with Crippen LogP contribution in [-0.2, 0) is 16.6 Å². The number of benzene rings is 1. The predicted molar refractivity (Wildman–Crippen MR) is 79.4 cm³/mol. The summed E-state index contributed by atoms with van der Waals surface area (Å²) in [6.07, 6.45) is 0. The fourth-order valence-electron chi connectivity index (χ4n) is 1.48. The van der Waals surface area contributed by atoms with Crippen LogP contribution in [0.3, 0.4) is 0 Å². The molecule has 0 amide bonds. The van der Waals surface area contributed by atoms with Gasteiger partial charge in [-0.3, -0.25) is 0 Å². The normalized spacial score (nSPS) is 11.4. The van der Waals surface area contributed by atoms with Gasteiger partial charge in [-0.1, -0.05) is 28.1 Å². The van der Waals surface area contributed by atoms with Crippen LogP contribution >= 0.6 is 27.3 Å². The van der Waals surface area contributed by atoms with Crippen molar-refractivity contribution in [2.45, 2.75) is 10.8 Å². The number of carbonyl (C=O) groups is 1. The molecule has 0 aliphatic rings. The number of hydrogen-bond acceptors (Lipinski definition) is 4. The quantitative estimate of drug-likeness (QED) is 0.841. The van der Waals surface area contributed by atoms with Crippen LogP contribution in [0.2, 0.25) is 0 Å². The number of rotatable bonds is 5. The number of carboxylic acid groups (broad SMARTS) is 1. The summed E-state index contributed by atoms with van der Waals surface area (Å²) in [7, 11) is -3.69. The van der Waals surface area contributed by atoms with Gasteiger partial charge in [0.1, 0.15) is 9.09 Å². The van der Waals surface area contributed by atoms with Crippen LogP contribution in [0.4, 0.5) is 0 Å². The Balaban J connectivity index is 2.12. The van der Waals surface area contributed by atoms with E-state index >= 15 is 0 Å². The fourth-order valence-corrected chi connectivity index (χ4v) is 4.13. The molecule has 20 heavy (non-hydrogen) atoms. The molecule has 0 spiro atoms. The molecule has 106 valence electrons. The lowest BCUT2D eigenvalue weighted by Crippen LogP contribution is -2.22. The molecule has 2 N–H and O–H groups in total. The van der Waals surface area contributed by atoms with Gasteiger partial charge in [0.05, 0.1) is 0 Å². The van der Waals surface area contributed by atoms with E-state index in [0.29, 0.717) is 0 Å². The van der Waals surface area contributed by atoms with Gasteiger partial charge in [-0.05, 0) is 29.8 Å². The smallest absolute Gasteiger partial charge is 0.345 e. The topological polar surface area (TPSA) is 83.5 Å². The van der Waals surface area contributed by atoms with E-state index in [1.165, 1.54) is 12.1 Å². The maximum atomic E-state index is 12.0. The van der Waals surface area contributed by atoms with Crippen molar-refractivity contribution in [1.82, 2.24) is 4.72 Å². The first-order chi connectivity index (χ1) is 9.38. The highest BCUT2D eigenvalue weighted by Gasteiger charge is 2.18. The molecule has 1 aromatic heterocycles. The van der Waals surface area contributed by atoms with Crippen molar-refractivity contribution in [3.05, 3.63) is 51.3 Å².